The fraction of sp³-hybridized carbons (Fsp3) is 0.375. The lowest BCUT2D eigenvalue weighted by molar-refractivity contribution is -0.0653. The van der Waals surface area contributed by atoms with Gasteiger partial charge in [0.05, 0.1) is 16.8 Å². The van der Waals surface area contributed by atoms with Crippen molar-refractivity contribution in [1.29, 1.82) is 0 Å². The van der Waals surface area contributed by atoms with E-state index in [2.05, 4.69) is 15.0 Å². The molecule has 3 aromatic heterocycles. The van der Waals surface area contributed by atoms with Crippen LogP contribution < -0.4 is 10.5 Å². The number of aliphatic hydroxyl groups excluding tert-OH is 1. The highest BCUT2D eigenvalue weighted by Gasteiger charge is 2.52. The van der Waals surface area contributed by atoms with Crippen LogP contribution in [0.2, 0.25) is 0 Å². The Morgan fingerprint density at radius 2 is 2.06 bits per heavy atom. The Hall–Kier alpha value is -3.37. The predicted molar refractivity (Wildman–Crippen MR) is 120 cm³/mol. The number of rotatable bonds is 4. The van der Waals surface area contributed by atoms with E-state index in [1.165, 1.54) is 12.4 Å². The minimum atomic E-state index is -2.69. The molecule has 2 aliphatic rings. The zero-order chi connectivity index (χ0) is 23.6. The third-order valence-electron chi connectivity index (χ3n) is 6.96. The first kappa shape index (κ1) is 21.2. The second-order valence-corrected chi connectivity index (χ2v) is 8.92. The van der Waals surface area contributed by atoms with Gasteiger partial charge in [-0.3, -0.25) is 0 Å². The lowest BCUT2D eigenvalue weighted by Gasteiger charge is -2.22. The van der Waals surface area contributed by atoms with Crippen LogP contribution in [-0.2, 0) is 4.74 Å². The van der Waals surface area contributed by atoms with Gasteiger partial charge in [0.15, 0.2) is 6.23 Å². The molecular weight excluding hydrogens is 444 g/mol. The second kappa shape index (κ2) is 7.85. The number of nitrogens with two attached hydrogens (primary N) is 1. The molecule has 6 rings (SSSR count). The number of aliphatic hydroxyl groups is 1. The fourth-order valence-electron chi connectivity index (χ4n) is 5.23. The molecule has 0 unspecified atom stereocenters. The van der Waals surface area contributed by atoms with Gasteiger partial charge in [-0.1, -0.05) is 0 Å². The summed E-state index contributed by atoms with van der Waals surface area (Å²) in [6.45, 7) is 1.92. The van der Waals surface area contributed by atoms with E-state index < -0.39 is 18.8 Å². The number of nitrogen functional groups attached to an aromatic ring is 1. The minimum Gasteiger partial charge on any atom is -0.488 e. The van der Waals surface area contributed by atoms with E-state index in [0.29, 0.717) is 16.7 Å². The fourth-order valence-corrected chi connectivity index (χ4v) is 5.23. The SMILES string of the molecule is Cc1ncnc2c1ccn2[C@@H]1O[C@H]2[C@H](CC[C@@H]2Oc2ccc3cc(C(F)F)c(N)nc3c2)[C@H]1O. The number of fused-ring (bicyclic) bond motifs is 3. The molecule has 176 valence electrons. The number of ether oxygens (including phenoxy) is 2. The maximum absolute atomic E-state index is 13.1. The number of benzene rings is 1. The third kappa shape index (κ3) is 3.28. The summed E-state index contributed by atoms with van der Waals surface area (Å²) < 4.78 is 40.6. The smallest absolute Gasteiger partial charge is 0.267 e. The summed E-state index contributed by atoms with van der Waals surface area (Å²) in [5.74, 6) is 0.285. The van der Waals surface area contributed by atoms with Crippen LogP contribution >= 0.6 is 0 Å². The Morgan fingerprint density at radius 1 is 1.21 bits per heavy atom. The molecule has 1 saturated heterocycles. The minimum absolute atomic E-state index is 0.0711. The number of hydrogen-bond donors (Lipinski definition) is 2. The molecule has 1 aromatic carbocycles. The van der Waals surface area contributed by atoms with E-state index in [-0.39, 0.29) is 29.5 Å². The third-order valence-corrected chi connectivity index (χ3v) is 6.96. The molecule has 1 aliphatic heterocycles. The molecule has 5 atom stereocenters. The van der Waals surface area contributed by atoms with Crippen LogP contribution in [0.3, 0.4) is 0 Å². The van der Waals surface area contributed by atoms with Gasteiger partial charge in [-0.25, -0.2) is 23.7 Å². The summed E-state index contributed by atoms with van der Waals surface area (Å²) in [4.78, 5) is 12.7. The van der Waals surface area contributed by atoms with Gasteiger partial charge in [-0.2, -0.15) is 0 Å². The summed E-state index contributed by atoms with van der Waals surface area (Å²) in [5.41, 5.74) is 7.49. The quantitative estimate of drug-likeness (QED) is 0.468. The molecule has 1 saturated carbocycles. The van der Waals surface area contributed by atoms with Gasteiger partial charge in [0, 0.05) is 29.0 Å². The van der Waals surface area contributed by atoms with Gasteiger partial charge in [0.2, 0.25) is 0 Å². The van der Waals surface area contributed by atoms with Crippen LogP contribution in [0.1, 0.15) is 36.8 Å². The second-order valence-electron chi connectivity index (χ2n) is 8.92. The summed E-state index contributed by atoms with van der Waals surface area (Å²) in [5, 5.41) is 12.5. The van der Waals surface area contributed by atoms with E-state index in [1.54, 1.807) is 18.2 Å². The van der Waals surface area contributed by atoms with Gasteiger partial charge in [0.1, 0.15) is 41.9 Å². The summed E-state index contributed by atoms with van der Waals surface area (Å²) >= 11 is 0. The van der Waals surface area contributed by atoms with Gasteiger partial charge in [-0.05, 0) is 44.0 Å². The van der Waals surface area contributed by atoms with Crippen LogP contribution in [-0.4, -0.2) is 42.9 Å². The normalized spacial score (nSPS) is 26.6. The lowest BCUT2D eigenvalue weighted by atomic mass is 10.0. The number of aromatic nitrogens is 4. The number of nitrogens with zero attached hydrogens (tertiary/aromatic N) is 4. The van der Waals surface area contributed by atoms with E-state index in [4.69, 9.17) is 15.2 Å². The first-order valence-corrected chi connectivity index (χ1v) is 11.2. The Morgan fingerprint density at radius 3 is 2.88 bits per heavy atom. The topological polar surface area (TPSA) is 108 Å². The molecule has 0 spiro atoms. The summed E-state index contributed by atoms with van der Waals surface area (Å²) in [7, 11) is 0. The van der Waals surface area contributed by atoms with Crippen molar-refractivity contribution in [2.24, 2.45) is 5.92 Å². The molecule has 4 aromatic rings. The van der Waals surface area contributed by atoms with Gasteiger partial charge < -0.3 is 24.9 Å². The number of hydrogen-bond acceptors (Lipinski definition) is 7. The Bertz CT molecular complexity index is 1390. The van der Waals surface area contributed by atoms with Crippen molar-refractivity contribution >= 4 is 27.8 Å². The number of pyridine rings is 1. The maximum atomic E-state index is 13.1. The standard InChI is InChI=1S/C24H23F2N5O3/c1-11-14-6-7-31(23(14)29-10-28-11)24-19(32)15-4-5-18(20(15)34-24)33-13-3-2-12-8-16(21(25)26)22(27)30-17(12)9-13/h2-3,6-10,15,18-21,24,32H,4-5H2,1H3,(H2,27,30)/t15-,18+,19-,20+,24-/m1/s1. The zero-order valence-electron chi connectivity index (χ0n) is 18.3. The molecule has 34 heavy (non-hydrogen) atoms. The molecule has 0 radical (unpaired) electrons. The molecule has 3 N–H and O–H groups in total. The Kier molecular flexibility index (Phi) is 4.89. The number of aryl methyl sites for hydroxylation is 1. The van der Waals surface area contributed by atoms with Crippen LogP contribution in [0.4, 0.5) is 14.6 Å². The Labute approximate surface area is 193 Å². The highest BCUT2D eigenvalue weighted by molar-refractivity contribution is 5.83. The van der Waals surface area contributed by atoms with Gasteiger partial charge in [-0.15, -0.1) is 0 Å². The lowest BCUT2D eigenvalue weighted by Crippen LogP contribution is -2.30. The molecule has 10 heteroatoms. The average molecular weight is 467 g/mol. The molecule has 1 aliphatic carbocycles. The number of alkyl halides is 2. The largest absolute Gasteiger partial charge is 0.488 e. The average Bonchev–Trinajstić information content (AvgIpc) is 3.49. The molecule has 0 amide bonds. The van der Waals surface area contributed by atoms with E-state index in [1.807, 2.05) is 23.8 Å². The highest BCUT2D eigenvalue weighted by Crippen LogP contribution is 2.45. The number of halogens is 2. The van der Waals surface area contributed by atoms with Crippen LogP contribution in [0.5, 0.6) is 5.75 Å². The van der Waals surface area contributed by atoms with Crippen LogP contribution in [0, 0.1) is 12.8 Å². The summed E-state index contributed by atoms with van der Waals surface area (Å²) in [6, 6.07) is 8.39. The van der Waals surface area contributed by atoms with Crippen molar-refractivity contribution in [3.8, 4) is 5.75 Å². The van der Waals surface area contributed by atoms with Crippen molar-refractivity contribution in [2.45, 2.75) is 50.7 Å². The van der Waals surface area contributed by atoms with Crippen molar-refractivity contribution in [3.05, 3.63) is 54.1 Å². The first-order valence-electron chi connectivity index (χ1n) is 11.2. The highest BCUT2D eigenvalue weighted by atomic mass is 19.3. The van der Waals surface area contributed by atoms with Crippen LogP contribution in [0.25, 0.3) is 21.9 Å². The molecule has 4 heterocycles. The zero-order valence-corrected chi connectivity index (χ0v) is 18.3. The molecule has 8 nitrogen and oxygen atoms in total. The van der Waals surface area contributed by atoms with Crippen molar-refractivity contribution in [1.82, 2.24) is 19.5 Å². The maximum Gasteiger partial charge on any atom is 0.267 e. The first-order chi connectivity index (χ1) is 16.4. The van der Waals surface area contributed by atoms with Gasteiger partial charge >= 0.3 is 0 Å². The molecular formula is C24H23F2N5O3. The van der Waals surface area contributed by atoms with E-state index in [0.717, 1.165) is 29.6 Å². The van der Waals surface area contributed by atoms with Crippen molar-refractivity contribution in [2.75, 3.05) is 5.73 Å². The van der Waals surface area contributed by atoms with Crippen LogP contribution in [0.15, 0.2) is 42.9 Å². The van der Waals surface area contributed by atoms with E-state index >= 15 is 0 Å². The van der Waals surface area contributed by atoms with E-state index in [9.17, 15) is 13.9 Å². The monoisotopic (exact) mass is 467 g/mol. The van der Waals surface area contributed by atoms with Crippen molar-refractivity contribution in [3.63, 3.8) is 0 Å². The summed E-state index contributed by atoms with van der Waals surface area (Å²) in [6.07, 6.45) is 0.344. The number of anilines is 1. The van der Waals surface area contributed by atoms with Gasteiger partial charge in [0.25, 0.3) is 6.43 Å². The predicted octanol–water partition coefficient (Wildman–Crippen LogP) is 3.92. The molecule has 2 fully saturated rings. The molecule has 0 bridgehead atoms. The Balaban J connectivity index is 1.25. The van der Waals surface area contributed by atoms with Crippen molar-refractivity contribution < 1.29 is 23.4 Å².